The van der Waals surface area contributed by atoms with Crippen molar-refractivity contribution in [1.29, 1.82) is 0 Å². The maximum absolute atomic E-state index is 12.4. The number of halogens is 2. The van der Waals surface area contributed by atoms with Crippen molar-refractivity contribution in [2.45, 2.75) is 26.4 Å². The first-order valence-electron chi connectivity index (χ1n) is 6.55. The van der Waals surface area contributed by atoms with Gasteiger partial charge in [-0.1, -0.05) is 23.2 Å². The molecule has 2 aromatic carbocycles. The van der Waals surface area contributed by atoms with Gasteiger partial charge in [-0.3, -0.25) is 4.79 Å². The standard InChI is InChI=1S/C17H16Cl2O2/c1-17(2,3)21-13-7-4-11(5-8-13)16(20)12-6-9-14(18)15(19)10-12/h4-10H,1-3H3. The molecule has 0 aromatic heterocycles. The molecular formula is C17H16Cl2O2. The Balaban J connectivity index is 2.22. The second kappa shape index (κ2) is 6.08. The summed E-state index contributed by atoms with van der Waals surface area (Å²) in [5.41, 5.74) is 0.818. The molecular weight excluding hydrogens is 307 g/mol. The third-order valence-corrected chi connectivity index (χ3v) is 3.46. The van der Waals surface area contributed by atoms with E-state index in [9.17, 15) is 4.79 Å². The average Bonchev–Trinajstić information content (AvgIpc) is 2.40. The van der Waals surface area contributed by atoms with Crippen molar-refractivity contribution in [3.05, 3.63) is 63.6 Å². The molecule has 0 amide bonds. The van der Waals surface area contributed by atoms with Gasteiger partial charge in [0.15, 0.2) is 5.78 Å². The van der Waals surface area contributed by atoms with Gasteiger partial charge in [0.2, 0.25) is 0 Å². The molecule has 21 heavy (non-hydrogen) atoms. The number of rotatable bonds is 3. The minimum Gasteiger partial charge on any atom is -0.488 e. The van der Waals surface area contributed by atoms with E-state index in [-0.39, 0.29) is 11.4 Å². The highest BCUT2D eigenvalue weighted by Crippen LogP contribution is 2.25. The Kier molecular flexibility index (Phi) is 4.60. The molecule has 2 rings (SSSR count). The number of hydrogen-bond acceptors (Lipinski definition) is 2. The second-order valence-electron chi connectivity index (χ2n) is 5.70. The first-order valence-corrected chi connectivity index (χ1v) is 7.31. The van der Waals surface area contributed by atoms with Crippen LogP contribution in [0.25, 0.3) is 0 Å². The lowest BCUT2D eigenvalue weighted by atomic mass is 10.0. The molecule has 0 heterocycles. The van der Waals surface area contributed by atoms with Crippen LogP contribution in [0.2, 0.25) is 10.0 Å². The maximum atomic E-state index is 12.4. The lowest BCUT2D eigenvalue weighted by molar-refractivity contribution is 0.103. The molecule has 0 saturated carbocycles. The Morgan fingerprint density at radius 1 is 0.905 bits per heavy atom. The summed E-state index contributed by atoms with van der Waals surface area (Å²) in [5, 5.41) is 0.803. The van der Waals surface area contributed by atoms with Gasteiger partial charge in [-0.05, 0) is 63.2 Å². The summed E-state index contributed by atoms with van der Waals surface area (Å²) in [6.07, 6.45) is 0. The molecule has 0 saturated heterocycles. The third-order valence-electron chi connectivity index (χ3n) is 2.72. The molecule has 2 aromatic rings. The highest BCUT2D eigenvalue weighted by molar-refractivity contribution is 6.42. The third kappa shape index (κ3) is 4.23. The summed E-state index contributed by atoms with van der Waals surface area (Å²) < 4.78 is 5.73. The van der Waals surface area contributed by atoms with Crippen LogP contribution in [0.15, 0.2) is 42.5 Å². The summed E-state index contributed by atoms with van der Waals surface area (Å²) in [4.78, 5) is 12.4. The monoisotopic (exact) mass is 322 g/mol. The van der Waals surface area contributed by atoms with Crippen LogP contribution in [0.3, 0.4) is 0 Å². The zero-order chi connectivity index (χ0) is 15.6. The van der Waals surface area contributed by atoms with Crippen LogP contribution in [0, 0.1) is 0 Å². The number of ketones is 1. The Bertz CT molecular complexity index is 655. The molecule has 0 fully saturated rings. The molecule has 0 spiro atoms. The zero-order valence-electron chi connectivity index (χ0n) is 12.1. The van der Waals surface area contributed by atoms with Gasteiger partial charge in [0.05, 0.1) is 10.0 Å². The normalized spacial score (nSPS) is 11.3. The second-order valence-corrected chi connectivity index (χ2v) is 6.51. The van der Waals surface area contributed by atoms with Crippen molar-refractivity contribution in [2.75, 3.05) is 0 Å². The summed E-state index contributed by atoms with van der Waals surface area (Å²) in [6.45, 7) is 5.92. The highest BCUT2D eigenvalue weighted by atomic mass is 35.5. The van der Waals surface area contributed by atoms with Crippen molar-refractivity contribution in [3.8, 4) is 5.75 Å². The quantitative estimate of drug-likeness (QED) is 0.707. The zero-order valence-corrected chi connectivity index (χ0v) is 13.6. The molecule has 2 nitrogen and oxygen atoms in total. The molecule has 0 radical (unpaired) electrons. The Labute approximate surface area is 134 Å². The largest absolute Gasteiger partial charge is 0.488 e. The van der Waals surface area contributed by atoms with Gasteiger partial charge in [0.1, 0.15) is 11.4 Å². The fourth-order valence-electron chi connectivity index (χ4n) is 1.83. The van der Waals surface area contributed by atoms with Crippen molar-refractivity contribution in [1.82, 2.24) is 0 Å². The topological polar surface area (TPSA) is 26.3 Å². The lowest BCUT2D eigenvalue weighted by Gasteiger charge is -2.21. The Hall–Kier alpha value is -1.51. The Morgan fingerprint density at radius 3 is 2.00 bits per heavy atom. The number of ether oxygens (including phenoxy) is 1. The summed E-state index contributed by atoms with van der Waals surface area (Å²) in [7, 11) is 0. The summed E-state index contributed by atoms with van der Waals surface area (Å²) >= 11 is 11.8. The van der Waals surface area contributed by atoms with E-state index in [1.165, 1.54) is 0 Å². The van der Waals surface area contributed by atoms with Gasteiger partial charge < -0.3 is 4.74 Å². The molecule has 0 N–H and O–H groups in total. The minimum absolute atomic E-state index is 0.101. The highest BCUT2D eigenvalue weighted by Gasteiger charge is 2.14. The average molecular weight is 323 g/mol. The fraction of sp³-hybridized carbons (Fsp3) is 0.235. The van der Waals surface area contributed by atoms with Gasteiger partial charge >= 0.3 is 0 Å². The molecule has 4 heteroatoms. The lowest BCUT2D eigenvalue weighted by Crippen LogP contribution is -2.22. The first kappa shape index (κ1) is 15.9. The minimum atomic E-state index is -0.269. The van der Waals surface area contributed by atoms with Crippen LogP contribution in [-0.2, 0) is 0 Å². The van der Waals surface area contributed by atoms with Gasteiger partial charge in [-0.15, -0.1) is 0 Å². The van der Waals surface area contributed by atoms with E-state index in [2.05, 4.69) is 0 Å². The number of benzene rings is 2. The van der Waals surface area contributed by atoms with E-state index in [4.69, 9.17) is 27.9 Å². The smallest absolute Gasteiger partial charge is 0.193 e. The van der Waals surface area contributed by atoms with E-state index >= 15 is 0 Å². The SMILES string of the molecule is CC(C)(C)Oc1ccc(C(=O)c2ccc(Cl)c(Cl)c2)cc1. The molecule has 0 unspecified atom stereocenters. The van der Waals surface area contributed by atoms with E-state index in [0.29, 0.717) is 21.2 Å². The fourth-order valence-corrected chi connectivity index (χ4v) is 2.13. The van der Waals surface area contributed by atoms with Crippen LogP contribution >= 0.6 is 23.2 Å². The van der Waals surface area contributed by atoms with Crippen LogP contribution in [-0.4, -0.2) is 11.4 Å². The van der Waals surface area contributed by atoms with Crippen LogP contribution in [0.5, 0.6) is 5.75 Å². The van der Waals surface area contributed by atoms with Crippen LogP contribution in [0.4, 0.5) is 0 Å². The van der Waals surface area contributed by atoms with Crippen molar-refractivity contribution in [2.24, 2.45) is 0 Å². The Morgan fingerprint density at radius 2 is 1.48 bits per heavy atom. The maximum Gasteiger partial charge on any atom is 0.193 e. The van der Waals surface area contributed by atoms with Gasteiger partial charge in [0, 0.05) is 11.1 Å². The predicted octanol–water partition coefficient (Wildman–Crippen LogP) is 5.40. The molecule has 0 aliphatic rings. The van der Waals surface area contributed by atoms with Gasteiger partial charge in [-0.2, -0.15) is 0 Å². The number of carbonyl (C=O) groups is 1. The van der Waals surface area contributed by atoms with Crippen molar-refractivity contribution >= 4 is 29.0 Å². The van der Waals surface area contributed by atoms with Crippen molar-refractivity contribution in [3.63, 3.8) is 0 Å². The summed E-state index contributed by atoms with van der Waals surface area (Å²) in [5.74, 6) is 0.629. The van der Waals surface area contributed by atoms with Crippen molar-refractivity contribution < 1.29 is 9.53 Å². The molecule has 0 aliphatic carbocycles. The number of hydrogen-bond donors (Lipinski definition) is 0. The van der Waals surface area contributed by atoms with E-state index in [0.717, 1.165) is 5.75 Å². The van der Waals surface area contributed by atoms with E-state index in [1.807, 2.05) is 20.8 Å². The predicted molar refractivity (Wildman–Crippen MR) is 86.7 cm³/mol. The first-order chi connectivity index (χ1) is 9.76. The van der Waals surface area contributed by atoms with E-state index < -0.39 is 0 Å². The van der Waals surface area contributed by atoms with Crippen LogP contribution < -0.4 is 4.74 Å². The molecule has 0 aliphatic heterocycles. The van der Waals surface area contributed by atoms with E-state index in [1.54, 1.807) is 42.5 Å². The van der Waals surface area contributed by atoms with Crippen LogP contribution in [0.1, 0.15) is 36.7 Å². The number of carbonyl (C=O) groups excluding carboxylic acids is 1. The molecule has 0 atom stereocenters. The van der Waals surface area contributed by atoms with Gasteiger partial charge in [0.25, 0.3) is 0 Å². The molecule has 110 valence electrons. The summed E-state index contributed by atoms with van der Waals surface area (Å²) in [6, 6.07) is 11.9. The van der Waals surface area contributed by atoms with Gasteiger partial charge in [-0.25, -0.2) is 0 Å². The molecule has 0 bridgehead atoms.